The maximum absolute atomic E-state index is 11.6. The Morgan fingerprint density at radius 3 is 2.62 bits per heavy atom. The second-order valence-electron chi connectivity index (χ2n) is 4.24. The second-order valence-corrected chi connectivity index (χ2v) is 6.23. The molecule has 0 heterocycles. The van der Waals surface area contributed by atoms with Gasteiger partial charge in [-0.25, -0.2) is 13.2 Å². The van der Waals surface area contributed by atoms with Gasteiger partial charge in [0.2, 0.25) is 0 Å². The molecule has 8 nitrogen and oxygen atoms in total. The Labute approximate surface area is 121 Å². The van der Waals surface area contributed by atoms with Crippen LogP contribution < -0.4 is 5.32 Å². The molecule has 1 rings (SSSR count). The van der Waals surface area contributed by atoms with Crippen molar-refractivity contribution in [3.8, 4) is 0 Å². The quantitative estimate of drug-likeness (QED) is 0.443. The standard InChI is InChI=1S/C12H14N2O6S/c1-3-5-9(12(15)16)13-8-6-4-7-10(21(2,19)20)11(8)14(17)18/h3-4,6-7,9,13H,1,5H2,2H3,(H,15,16). The molecule has 114 valence electrons. The third-order valence-corrected chi connectivity index (χ3v) is 3.74. The molecule has 1 aromatic carbocycles. The number of para-hydroxylation sites is 1. The number of nitro groups is 1. The van der Waals surface area contributed by atoms with Crippen LogP contribution in [0, 0.1) is 10.1 Å². The molecule has 0 amide bonds. The van der Waals surface area contributed by atoms with E-state index in [0.29, 0.717) is 0 Å². The summed E-state index contributed by atoms with van der Waals surface area (Å²) < 4.78 is 23.2. The van der Waals surface area contributed by atoms with E-state index in [9.17, 15) is 23.3 Å². The van der Waals surface area contributed by atoms with Gasteiger partial charge >= 0.3 is 11.7 Å². The van der Waals surface area contributed by atoms with Crippen molar-refractivity contribution in [2.45, 2.75) is 17.4 Å². The first-order chi connectivity index (χ1) is 9.68. The van der Waals surface area contributed by atoms with E-state index in [-0.39, 0.29) is 12.1 Å². The van der Waals surface area contributed by atoms with E-state index < -0.39 is 37.4 Å². The lowest BCUT2D eigenvalue weighted by Gasteiger charge is -2.15. The van der Waals surface area contributed by atoms with Crippen LogP contribution in [0.3, 0.4) is 0 Å². The van der Waals surface area contributed by atoms with Crippen molar-refractivity contribution in [1.82, 2.24) is 0 Å². The van der Waals surface area contributed by atoms with Crippen molar-refractivity contribution in [3.63, 3.8) is 0 Å². The Bertz CT molecular complexity index is 683. The molecule has 0 bridgehead atoms. The first-order valence-electron chi connectivity index (χ1n) is 5.76. The number of benzene rings is 1. The molecule has 2 N–H and O–H groups in total. The smallest absolute Gasteiger partial charge is 0.326 e. The van der Waals surface area contributed by atoms with E-state index in [4.69, 9.17) is 5.11 Å². The molecule has 1 aromatic rings. The van der Waals surface area contributed by atoms with Crippen LogP contribution in [0.4, 0.5) is 11.4 Å². The highest BCUT2D eigenvalue weighted by atomic mass is 32.2. The highest BCUT2D eigenvalue weighted by molar-refractivity contribution is 7.90. The molecule has 0 aromatic heterocycles. The van der Waals surface area contributed by atoms with Gasteiger partial charge in [-0.2, -0.15) is 0 Å². The van der Waals surface area contributed by atoms with Crippen molar-refractivity contribution in [2.75, 3.05) is 11.6 Å². The molecule has 0 aliphatic heterocycles. The largest absolute Gasteiger partial charge is 0.480 e. The van der Waals surface area contributed by atoms with Crippen molar-refractivity contribution in [2.24, 2.45) is 0 Å². The van der Waals surface area contributed by atoms with Gasteiger partial charge in [0.25, 0.3) is 0 Å². The minimum absolute atomic E-state index is 0.0234. The molecule has 1 atom stereocenters. The summed E-state index contributed by atoms with van der Waals surface area (Å²) >= 11 is 0. The Hall–Kier alpha value is -2.42. The number of carboxylic acids is 1. The molecule has 0 radical (unpaired) electrons. The molecule has 0 aliphatic rings. The molecule has 0 fully saturated rings. The minimum Gasteiger partial charge on any atom is -0.480 e. The lowest BCUT2D eigenvalue weighted by Crippen LogP contribution is -2.29. The van der Waals surface area contributed by atoms with Gasteiger partial charge in [-0.05, 0) is 18.6 Å². The number of nitrogens with one attached hydrogen (secondary N) is 1. The molecule has 21 heavy (non-hydrogen) atoms. The molecule has 1 unspecified atom stereocenters. The molecular weight excluding hydrogens is 300 g/mol. The van der Waals surface area contributed by atoms with Crippen LogP contribution in [0.5, 0.6) is 0 Å². The summed E-state index contributed by atoms with van der Waals surface area (Å²) in [5, 5.41) is 22.6. The minimum atomic E-state index is -3.82. The van der Waals surface area contributed by atoms with Crippen LogP contribution in [0.2, 0.25) is 0 Å². The third kappa shape index (κ3) is 4.02. The number of nitrogens with zero attached hydrogens (tertiary/aromatic N) is 1. The predicted molar refractivity (Wildman–Crippen MR) is 76.1 cm³/mol. The van der Waals surface area contributed by atoms with E-state index in [1.54, 1.807) is 0 Å². The van der Waals surface area contributed by atoms with Crippen molar-refractivity contribution >= 4 is 27.2 Å². The lowest BCUT2D eigenvalue weighted by molar-refractivity contribution is -0.386. The number of aliphatic carboxylic acids is 1. The second kappa shape index (κ2) is 6.35. The van der Waals surface area contributed by atoms with Crippen LogP contribution >= 0.6 is 0 Å². The number of hydrogen-bond donors (Lipinski definition) is 2. The number of anilines is 1. The van der Waals surface area contributed by atoms with Crippen LogP contribution in [-0.2, 0) is 14.6 Å². The van der Waals surface area contributed by atoms with E-state index in [1.807, 2.05) is 0 Å². The number of nitro benzene ring substituents is 1. The first-order valence-corrected chi connectivity index (χ1v) is 7.65. The van der Waals surface area contributed by atoms with Gasteiger partial charge in [-0.15, -0.1) is 6.58 Å². The number of carboxylic acid groups (broad SMARTS) is 1. The normalized spacial score (nSPS) is 12.4. The predicted octanol–water partition coefficient (Wildman–Crippen LogP) is 1.44. The SMILES string of the molecule is C=CCC(Nc1cccc(S(C)(=O)=O)c1[N+](=O)[O-])C(=O)O. The Morgan fingerprint density at radius 2 is 2.19 bits per heavy atom. The summed E-state index contributed by atoms with van der Waals surface area (Å²) in [4.78, 5) is 20.9. The van der Waals surface area contributed by atoms with Gasteiger partial charge in [0.1, 0.15) is 16.6 Å². The van der Waals surface area contributed by atoms with Crippen molar-refractivity contribution in [1.29, 1.82) is 0 Å². The fraction of sp³-hybridized carbons (Fsp3) is 0.250. The molecule has 0 saturated carbocycles. The lowest BCUT2D eigenvalue weighted by atomic mass is 10.2. The van der Waals surface area contributed by atoms with Gasteiger partial charge in [0.05, 0.1) is 4.92 Å². The van der Waals surface area contributed by atoms with E-state index >= 15 is 0 Å². The average Bonchev–Trinajstić information content (AvgIpc) is 2.36. The van der Waals surface area contributed by atoms with Gasteiger partial charge in [-0.1, -0.05) is 12.1 Å². The summed E-state index contributed by atoms with van der Waals surface area (Å²) in [5.74, 6) is -1.23. The number of carbonyl (C=O) groups is 1. The summed E-state index contributed by atoms with van der Waals surface area (Å²) in [5.41, 5.74) is -0.840. The third-order valence-electron chi connectivity index (χ3n) is 2.61. The Morgan fingerprint density at radius 1 is 1.57 bits per heavy atom. The highest BCUT2D eigenvalue weighted by Gasteiger charge is 2.28. The average molecular weight is 314 g/mol. The number of rotatable bonds is 7. The Balaban J connectivity index is 3.40. The molecular formula is C12H14N2O6S. The summed E-state index contributed by atoms with van der Waals surface area (Å²) in [7, 11) is -3.82. The molecule has 9 heteroatoms. The zero-order chi connectivity index (χ0) is 16.2. The monoisotopic (exact) mass is 314 g/mol. The van der Waals surface area contributed by atoms with Gasteiger partial charge in [0.15, 0.2) is 9.84 Å². The van der Waals surface area contributed by atoms with E-state index in [2.05, 4.69) is 11.9 Å². The number of hydrogen-bond acceptors (Lipinski definition) is 6. The first kappa shape index (κ1) is 16.6. The fourth-order valence-electron chi connectivity index (χ4n) is 1.70. The van der Waals surface area contributed by atoms with Gasteiger partial charge < -0.3 is 10.4 Å². The highest BCUT2D eigenvalue weighted by Crippen LogP contribution is 2.32. The van der Waals surface area contributed by atoms with Crippen molar-refractivity contribution in [3.05, 3.63) is 41.0 Å². The van der Waals surface area contributed by atoms with E-state index in [0.717, 1.165) is 12.3 Å². The van der Waals surface area contributed by atoms with E-state index in [1.165, 1.54) is 18.2 Å². The van der Waals surface area contributed by atoms with Crippen LogP contribution in [0.15, 0.2) is 35.7 Å². The maximum Gasteiger partial charge on any atom is 0.326 e. The number of sulfone groups is 1. The van der Waals surface area contributed by atoms with Crippen molar-refractivity contribution < 1.29 is 23.2 Å². The van der Waals surface area contributed by atoms with Crippen LogP contribution in [-0.4, -0.2) is 36.7 Å². The van der Waals surface area contributed by atoms with Gasteiger partial charge in [0, 0.05) is 6.26 Å². The zero-order valence-corrected chi connectivity index (χ0v) is 12.0. The Kier molecular flexibility index (Phi) is 5.03. The zero-order valence-electron chi connectivity index (χ0n) is 11.1. The maximum atomic E-state index is 11.6. The molecule has 0 saturated heterocycles. The summed E-state index contributed by atoms with van der Waals surface area (Å²) in [6.45, 7) is 3.41. The molecule has 0 spiro atoms. The van der Waals surface area contributed by atoms with Crippen LogP contribution in [0.25, 0.3) is 0 Å². The summed E-state index contributed by atoms with van der Waals surface area (Å²) in [6, 6.07) is 2.52. The molecule has 0 aliphatic carbocycles. The topological polar surface area (TPSA) is 127 Å². The van der Waals surface area contributed by atoms with Gasteiger partial charge in [-0.3, -0.25) is 10.1 Å². The van der Waals surface area contributed by atoms with Crippen LogP contribution in [0.1, 0.15) is 6.42 Å². The fourth-order valence-corrected chi connectivity index (χ4v) is 2.56. The summed E-state index contributed by atoms with van der Waals surface area (Å²) in [6.07, 6.45) is 2.21.